The Morgan fingerprint density at radius 3 is 2.37 bits per heavy atom. The van der Waals surface area contributed by atoms with Gasteiger partial charge in [0.1, 0.15) is 0 Å². The fraction of sp³-hybridized carbons (Fsp3) is 0.733. The molecule has 4 heteroatoms. The van der Waals surface area contributed by atoms with Crippen molar-refractivity contribution >= 4 is 11.9 Å². The zero-order chi connectivity index (χ0) is 13.9. The van der Waals surface area contributed by atoms with E-state index in [1.807, 2.05) is 6.92 Å². The summed E-state index contributed by atoms with van der Waals surface area (Å²) in [7, 11) is 0. The van der Waals surface area contributed by atoms with E-state index in [4.69, 9.17) is 0 Å². The Bertz CT molecular complexity index is 406. The minimum Gasteiger partial charge on any atom is -0.481 e. The molecule has 106 valence electrons. The second-order valence-corrected chi connectivity index (χ2v) is 5.94. The van der Waals surface area contributed by atoms with Crippen LogP contribution < -0.4 is 5.32 Å². The predicted octanol–water partition coefficient (Wildman–Crippen LogP) is 2.64. The average molecular weight is 265 g/mol. The van der Waals surface area contributed by atoms with Gasteiger partial charge in [-0.3, -0.25) is 9.59 Å². The number of carboxylic acid groups (broad SMARTS) is 1. The maximum atomic E-state index is 12.1. The Hall–Kier alpha value is -1.32. The van der Waals surface area contributed by atoms with Crippen LogP contribution in [-0.2, 0) is 9.59 Å². The summed E-state index contributed by atoms with van der Waals surface area (Å²) in [6.07, 6.45) is 7.23. The highest BCUT2D eigenvalue weighted by Gasteiger charge is 2.40. The van der Waals surface area contributed by atoms with Gasteiger partial charge in [0.2, 0.25) is 5.91 Å². The van der Waals surface area contributed by atoms with Crippen molar-refractivity contribution in [2.24, 2.45) is 5.41 Å². The summed E-state index contributed by atoms with van der Waals surface area (Å²) in [5, 5.41) is 12.3. The van der Waals surface area contributed by atoms with E-state index in [1.165, 1.54) is 0 Å². The molecular weight excluding hydrogens is 242 g/mol. The van der Waals surface area contributed by atoms with Gasteiger partial charge in [-0.05, 0) is 39.0 Å². The van der Waals surface area contributed by atoms with Crippen LogP contribution in [-0.4, -0.2) is 23.5 Å². The summed E-state index contributed by atoms with van der Waals surface area (Å²) in [6.45, 7) is 2.27. The lowest BCUT2D eigenvalue weighted by Crippen LogP contribution is -2.44. The lowest BCUT2D eigenvalue weighted by atomic mass is 9.74. The van der Waals surface area contributed by atoms with E-state index in [0.717, 1.165) is 49.7 Å². The van der Waals surface area contributed by atoms with Crippen molar-refractivity contribution in [2.45, 2.75) is 58.3 Å². The molecule has 0 aromatic heterocycles. The molecule has 0 unspecified atom stereocenters. The third kappa shape index (κ3) is 2.99. The quantitative estimate of drug-likeness (QED) is 0.821. The van der Waals surface area contributed by atoms with E-state index < -0.39 is 11.4 Å². The Morgan fingerprint density at radius 2 is 1.84 bits per heavy atom. The number of carbonyl (C=O) groups excluding carboxylic acids is 1. The van der Waals surface area contributed by atoms with Crippen molar-refractivity contribution < 1.29 is 14.7 Å². The normalized spacial score (nSPS) is 22.4. The molecule has 0 saturated heterocycles. The number of aliphatic carboxylic acids is 1. The monoisotopic (exact) mass is 265 g/mol. The summed E-state index contributed by atoms with van der Waals surface area (Å²) >= 11 is 0. The maximum Gasteiger partial charge on any atom is 0.311 e. The third-order valence-corrected chi connectivity index (χ3v) is 4.62. The van der Waals surface area contributed by atoms with Crippen LogP contribution >= 0.6 is 0 Å². The molecule has 0 spiro atoms. The van der Waals surface area contributed by atoms with Gasteiger partial charge >= 0.3 is 5.97 Å². The summed E-state index contributed by atoms with van der Waals surface area (Å²) in [6, 6.07) is 0. The van der Waals surface area contributed by atoms with Crippen LogP contribution in [0.2, 0.25) is 0 Å². The van der Waals surface area contributed by atoms with Crippen LogP contribution in [0.15, 0.2) is 11.1 Å². The molecule has 1 amide bonds. The van der Waals surface area contributed by atoms with Crippen LogP contribution in [0.1, 0.15) is 58.3 Å². The van der Waals surface area contributed by atoms with Gasteiger partial charge in [0.25, 0.3) is 0 Å². The minimum atomic E-state index is -0.760. The molecule has 0 aromatic rings. The van der Waals surface area contributed by atoms with Gasteiger partial charge in [-0.25, -0.2) is 0 Å². The summed E-state index contributed by atoms with van der Waals surface area (Å²) in [5.41, 5.74) is 1.29. The molecule has 2 aliphatic carbocycles. The molecule has 1 saturated carbocycles. The van der Waals surface area contributed by atoms with Gasteiger partial charge in [0.15, 0.2) is 0 Å². The van der Waals surface area contributed by atoms with Crippen molar-refractivity contribution in [1.82, 2.24) is 5.32 Å². The lowest BCUT2D eigenvalue weighted by Gasteiger charge is -2.33. The van der Waals surface area contributed by atoms with Gasteiger partial charge in [-0.15, -0.1) is 0 Å². The topological polar surface area (TPSA) is 66.4 Å². The smallest absolute Gasteiger partial charge is 0.311 e. The first-order chi connectivity index (χ1) is 9.05. The fourth-order valence-electron chi connectivity index (χ4n) is 3.25. The predicted molar refractivity (Wildman–Crippen MR) is 72.7 cm³/mol. The molecule has 0 aliphatic heterocycles. The number of carbonyl (C=O) groups is 2. The first kappa shape index (κ1) is 14.1. The molecule has 0 heterocycles. The van der Waals surface area contributed by atoms with Gasteiger partial charge in [0.05, 0.1) is 5.41 Å². The number of hydrogen-bond donors (Lipinski definition) is 2. The standard InChI is InChI=1S/C15H23NO3/c1-11-6-5-7-12(11)13(17)16-10-15(14(18)19)8-3-2-4-9-15/h2-10H2,1H3,(H,16,17)(H,18,19). The number of amides is 1. The summed E-state index contributed by atoms with van der Waals surface area (Å²) in [4.78, 5) is 23.6. The van der Waals surface area contributed by atoms with Crippen molar-refractivity contribution in [3.05, 3.63) is 11.1 Å². The highest BCUT2D eigenvalue weighted by molar-refractivity contribution is 5.95. The molecule has 1 fully saturated rings. The molecule has 0 bridgehead atoms. The van der Waals surface area contributed by atoms with Crippen molar-refractivity contribution in [1.29, 1.82) is 0 Å². The molecule has 0 atom stereocenters. The molecule has 2 aliphatic rings. The zero-order valence-corrected chi connectivity index (χ0v) is 11.6. The summed E-state index contributed by atoms with van der Waals surface area (Å²) < 4.78 is 0. The zero-order valence-electron chi connectivity index (χ0n) is 11.6. The number of hydrogen-bond acceptors (Lipinski definition) is 2. The molecule has 2 N–H and O–H groups in total. The van der Waals surface area contributed by atoms with E-state index in [1.54, 1.807) is 0 Å². The van der Waals surface area contributed by atoms with Crippen LogP contribution in [0.3, 0.4) is 0 Å². The first-order valence-electron chi connectivity index (χ1n) is 7.25. The van der Waals surface area contributed by atoms with E-state index in [-0.39, 0.29) is 12.5 Å². The van der Waals surface area contributed by atoms with Crippen LogP contribution in [0, 0.1) is 5.41 Å². The highest BCUT2D eigenvalue weighted by Crippen LogP contribution is 2.36. The second kappa shape index (κ2) is 5.76. The van der Waals surface area contributed by atoms with Crippen molar-refractivity contribution in [3.8, 4) is 0 Å². The molecule has 0 aromatic carbocycles. The number of nitrogens with one attached hydrogen (secondary N) is 1. The third-order valence-electron chi connectivity index (χ3n) is 4.62. The van der Waals surface area contributed by atoms with E-state index in [0.29, 0.717) is 12.8 Å². The molecule has 2 rings (SSSR count). The fourth-order valence-corrected chi connectivity index (χ4v) is 3.25. The van der Waals surface area contributed by atoms with E-state index in [2.05, 4.69) is 5.32 Å². The van der Waals surface area contributed by atoms with Crippen LogP contribution in [0.4, 0.5) is 0 Å². The van der Waals surface area contributed by atoms with E-state index >= 15 is 0 Å². The largest absolute Gasteiger partial charge is 0.481 e. The molecule has 0 radical (unpaired) electrons. The molecular formula is C15H23NO3. The average Bonchev–Trinajstić information content (AvgIpc) is 2.83. The van der Waals surface area contributed by atoms with Gasteiger partial charge in [0, 0.05) is 12.1 Å². The van der Waals surface area contributed by atoms with Crippen LogP contribution in [0.25, 0.3) is 0 Å². The SMILES string of the molecule is CC1=C(C(=O)NCC2(C(=O)O)CCCCC2)CCC1. The molecule has 4 nitrogen and oxygen atoms in total. The van der Waals surface area contributed by atoms with Crippen molar-refractivity contribution in [3.63, 3.8) is 0 Å². The maximum absolute atomic E-state index is 12.1. The number of rotatable bonds is 4. The van der Waals surface area contributed by atoms with E-state index in [9.17, 15) is 14.7 Å². The second-order valence-electron chi connectivity index (χ2n) is 5.94. The van der Waals surface area contributed by atoms with Crippen molar-refractivity contribution in [2.75, 3.05) is 6.54 Å². The Balaban J connectivity index is 1.98. The highest BCUT2D eigenvalue weighted by atomic mass is 16.4. The van der Waals surface area contributed by atoms with Crippen LogP contribution in [0.5, 0.6) is 0 Å². The van der Waals surface area contributed by atoms with Gasteiger partial charge in [-0.2, -0.15) is 0 Å². The molecule has 19 heavy (non-hydrogen) atoms. The number of carboxylic acids is 1. The Kier molecular flexibility index (Phi) is 4.27. The lowest BCUT2D eigenvalue weighted by molar-refractivity contribution is -0.150. The minimum absolute atomic E-state index is 0.0544. The summed E-state index contributed by atoms with van der Waals surface area (Å²) in [5.74, 6) is -0.814. The Labute approximate surface area is 114 Å². The Morgan fingerprint density at radius 1 is 1.16 bits per heavy atom. The first-order valence-corrected chi connectivity index (χ1v) is 7.25. The van der Waals surface area contributed by atoms with Gasteiger partial charge < -0.3 is 10.4 Å². The van der Waals surface area contributed by atoms with Gasteiger partial charge in [-0.1, -0.05) is 24.8 Å². The number of allylic oxidation sites excluding steroid dienone is 1.